The summed E-state index contributed by atoms with van der Waals surface area (Å²) >= 11 is 0. The van der Waals surface area contributed by atoms with Gasteiger partial charge in [-0.25, -0.2) is 0 Å². The van der Waals surface area contributed by atoms with Gasteiger partial charge in [-0.1, -0.05) is 67.6 Å². The van der Waals surface area contributed by atoms with Gasteiger partial charge in [-0.3, -0.25) is 0 Å². The van der Waals surface area contributed by atoms with Gasteiger partial charge in [-0.05, 0) is 24.0 Å². The maximum absolute atomic E-state index is 9.09. The van der Waals surface area contributed by atoms with Crippen LogP contribution in [0.4, 0.5) is 0 Å². The molecule has 0 aliphatic heterocycles. The van der Waals surface area contributed by atoms with E-state index in [1.54, 1.807) is 0 Å². The van der Waals surface area contributed by atoms with E-state index in [1.165, 1.54) is 5.56 Å². The van der Waals surface area contributed by atoms with E-state index in [2.05, 4.69) is 18.2 Å². The van der Waals surface area contributed by atoms with Crippen LogP contribution in [0.1, 0.15) is 24.5 Å². The zero-order valence-corrected chi connectivity index (χ0v) is 13.6. The van der Waals surface area contributed by atoms with Crippen molar-refractivity contribution in [1.82, 2.24) is 0 Å². The summed E-state index contributed by atoms with van der Waals surface area (Å²) in [4.78, 5) is 0. The van der Waals surface area contributed by atoms with E-state index in [0.29, 0.717) is 6.61 Å². The number of hydrogen-bond donors (Lipinski definition) is 1. The second-order valence-electron chi connectivity index (χ2n) is 5.87. The minimum Gasteiger partial charge on any atom is -0.373 e. The number of ether oxygens (including phenoxy) is 1. The van der Waals surface area contributed by atoms with Crippen LogP contribution in [-0.4, -0.2) is 12.1 Å². The Morgan fingerprint density at radius 1 is 1.00 bits per heavy atom. The maximum atomic E-state index is 9.09. The Morgan fingerprint density at radius 3 is 2.13 bits per heavy atom. The van der Waals surface area contributed by atoms with Gasteiger partial charge in [-0.15, -0.1) is 0 Å². The van der Waals surface area contributed by atoms with Gasteiger partial charge in [0.2, 0.25) is 0 Å². The van der Waals surface area contributed by atoms with E-state index >= 15 is 0 Å². The molecule has 0 heterocycles. The summed E-state index contributed by atoms with van der Waals surface area (Å²) in [6.45, 7) is 2.54. The molecule has 3 heteroatoms. The molecule has 120 valence electrons. The Kier molecular flexibility index (Phi) is 6.80. The number of nitrogens with two attached hydrogens (primary N) is 1. The van der Waals surface area contributed by atoms with E-state index < -0.39 is 6.04 Å². The Balaban J connectivity index is 1.98. The van der Waals surface area contributed by atoms with Crippen LogP contribution < -0.4 is 5.73 Å². The van der Waals surface area contributed by atoms with Crippen molar-refractivity contribution in [1.29, 1.82) is 5.26 Å². The predicted octanol–water partition coefficient (Wildman–Crippen LogP) is 3.69. The molecule has 2 aromatic rings. The summed E-state index contributed by atoms with van der Waals surface area (Å²) in [5.74, 6) is -0.00701. The highest BCUT2D eigenvalue weighted by Crippen LogP contribution is 2.19. The number of hydrogen-bond acceptors (Lipinski definition) is 3. The fourth-order valence-corrected chi connectivity index (χ4v) is 2.58. The minimum atomic E-state index is -0.508. The quantitative estimate of drug-likeness (QED) is 0.809. The average molecular weight is 308 g/mol. The fraction of sp³-hybridized carbons (Fsp3) is 0.350. The van der Waals surface area contributed by atoms with E-state index in [1.807, 2.05) is 55.5 Å². The molecule has 0 bridgehead atoms. The molecule has 3 atom stereocenters. The van der Waals surface area contributed by atoms with E-state index in [9.17, 15) is 0 Å². The van der Waals surface area contributed by atoms with Gasteiger partial charge in [0, 0.05) is 5.92 Å². The number of nitriles is 1. The van der Waals surface area contributed by atoms with Crippen molar-refractivity contribution in [3.63, 3.8) is 0 Å². The molecule has 0 aliphatic rings. The SMILES string of the molecule is C[C@@H]([C@H](CCc1ccccc1)OCc1ccccc1)[C@@H](N)C#N. The third-order valence-corrected chi connectivity index (χ3v) is 4.17. The van der Waals surface area contributed by atoms with Crippen LogP contribution in [0.15, 0.2) is 60.7 Å². The van der Waals surface area contributed by atoms with E-state index in [0.717, 1.165) is 18.4 Å². The highest BCUT2D eigenvalue weighted by atomic mass is 16.5. The zero-order chi connectivity index (χ0) is 16.5. The van der Waals surface area contributed by atoms with Crippen LogP contribution in [-0.2, 0) is 17.8 Å². The molecule has 2 N–H and O–H groups in total. The highest BCUT2D eigenvalue weighted by molar-refractivity contribution is 5.15. The van der Waals surface area contributed by atoms with Gasteiger partial charge in [0.1, 0.15) is 0 Å². The first-order chi connectivity index (χ1) is 11.2. The molecule has 23 heavy (non-hydrogen) atoms. The van der Waals surface area contributed by atoms with Gasteiger partial charge in [0.15, 0.2) is 0 Å². The molecule has 0 spiro atoms. The standard InChI is InChI=1S/C20H24N2O/c1-16(19(22)14-21)20(13-12-17-8-4-2-5-9-17)23-15-18-10-6-3-7-11-18/h2-11,16,19-20H,12-13,15,22H2,1H3/t16-,19+,20+/m1/s1. The Bertz CT molecular complexity index is 563. The van der Waals surface area contributed by atoms with Crippen molar-refractivity contribution in [3.05, 3.63) is 71.8 Å². The van der Waals surface area contributed by atoms with Gasteiger partial charge in [-0.2, -0.15) is 5.26 Å². The molecular formula is C20H24N2O. The monoisotopic (exact) mass is 308 g/mol. The number of benzene rings is 2. The molecule has 0 fully saturated rings. The van der Waals surface area contributed by atoms with Crippen LogP contribution >= 0.6 is 0 Å². The largest absolute Gasteiger partial charge is 0.373 e. The topological polar surface area (TPSA) is 59.0 Å². The molecule has 0 unspecified atom stereocenters. The smallest absolute Gasteiger partial charge is 0.0978 e. The maximum Gasteiger partial charge on any atom is 0.0978 e. The second-order valence-corrected chi connectivity index (χ2v) is 5.87. The van der Waals surface area contributed by atoms with Crippen molar-refractivity contribution in [2.24, 2.45) is 11.7 Å². The third kappa shape index (κ3) is 5.52. The number of aryl methyl sites for hydroxylation is 1. The van der Waals surface area contributed by atoms with Crippen molar-refractivity contribution in [3.8, 4) is 6.07 Å². The molecule has 0 radical (unpaired) electrons. The van der Waals surface area contributed by atoms with Gasteiger partial charge >= 0.3 is 0 Å². The summed E-state index contributed by atoms with van der Waals surface area (Å²) in [6, 6.07) is 22.0. The van der Waals surface area contributed by atoms with Crippen LogP contribution in [0.3, 0.4) is 0 Å². The molecule has 0 saturated heterocycles. The molecule has 0 saturated carbocycles. The lowest BCUT2D eigenvalue weighted by Crippen LogP contribution is -2.36. The molecule has 3 nitrogen and oxygen atoms in total. The summed E-state index contributed by atoms with van der Waals surface area (Å²) in [7, 11) is 0. The van der Waals surface area contributed by atoms with Gasteiger partial charge in [0.05, 0.1) is 24.8 Å². The first-order valence-electron chi connectivity index (χ1n) is 8.05. The summed E-state index contributed by atoms with van der Waals surface area (Å²) in [5.41, 5.74) is 8.32. The number of nitrogens with zero attached hydrogens (tertiary/aromatic N) is 1. The highest BCUT2D eigenvalue weighted by Gasteiger charge is 2.23. The minimum absolute atomic E-state index is 0.00701. The summed E-state index contributed by atoms with van der Waals surface area (Å²) in [6.07, 6.45) is 1.74. The van der Waals surface area contributed by atoms with Crippen molar-refractivity contribution < 1.29 is 4.74 Å². The lowest BCUT2D eigenvalue weighted by molar-refractivity contribution is -0.00200. The molecule has 0 aromatic heterocycles. The Labute approximate surface area is 138 Å². The van der Waals surface area contributed by atoms with Gasteiger partial charge < -0.3 is 10.5 Å². The Morgan fingerprint density at radius 2 is 1.57 bits per heavy atom. The molecule has 0 aliphatic carbocycles. The third-order valence-electron chi connectivity index (χ3n) is 4.17. The fourth-order valence-electron chi connectivity index (χ4n) is 2.58. The first-order valence-corrected chi connectivity index (χ1v) is 8.05. The molecule has 2 aromatic carbocycles. The van der Waals surface area contributed by atoms with Gasteiger partial charge in [0.25, 0.3) is 0 Å². The van der Waals surface area contributed by atoms with Crippen molar-refractivity contribution >= 4 is 0 Å². The average Bonchev–Trinajstić information content (AvgIpc) is 2.62. The van der Waals surface area contributed by atoms with Crippen LogP contribution in [0, 0.1) is 17.2 Å². The van der Waals surface area contributed by atoms with Crippen LogP contribution in [0.2, 0.25) is 0 Å². The number of rotatable bonds is 8. The normalized spacial score (nSPS) is 14.7. The Hall–Kier alpha value is -2.15. The molecular weight excluding hydrogens is 284 g/mol. The van der Waals surface area contributed by atoms with E-state index in [-0.39, 0.29) is 12.0 Å². The zero-order valence-electron chi connectivity index (χ0n) is 13.6. The van der Waals surface area contributed by atoms with Crippen LogP contribution in [0.25, 0.3) is 0 Å². The van der Waals surface area contributed by atoms with E-state index in [4.69, 9.17) is 15.7 Å². The predicted molar refractivity (Wildman–Crippen MR) is 92.5 cm³/mol. The lowest BCUT2D eigenvalue weighted by Gasteiger charge is -2.26. The summed E-state index contributed by atoms with van der Waals surface area (Å²) < 4.78 is 6.10. The first kappa shape index (κ1) is 17.2. The van der Waals surface area contributed by atoms with Crippen molar-refractivity contribution in [2.75, 3.05) is 0 Å². The lowest BCUT2D eigenvalue weighted by atomic mass is 9.92. The molecule has 2 rings (SSSR count). The van der Waals surface area contributed by atoms with Crippen LogP contribution in [0.5, 0.6) is 0 Å². The summed E-state index contributed by atoms with van der Waals surface area (Å²) in [5, 5.41) is 9.09. The second kappa shape index (κ2) is 9.09. The van der Waals surface area contributed by atoms with Crippen molar-refractivity contribution in [2.45, 2.75) is 38.5 Å². The molecule has 0 amide bonds.